The van der Waals surface area contributed by atoms with E-state index in [0.29, 0.717) is 47.7 Å². The van der Waals surface area contributed by atoms with Crippen molar-refractivity contribution in [1.29, 1.82) is 0 Å². The zero-order valence-corrected chi connectivity index (χ0v) is 25.6. The fraction of sp³-hybridized carbons (Fsp3) is 0.333. The van der Waals surface area contributed by atoms with E-state index in [1.54, 1.807) is 43.0 Å². The van der Waals surface area contributed by atoms with Crippen molar-refractivity contribution in [3.8, 4) is 11.5 Å². The molecule has 2 atom stereocenters. The Morgan fingerprint density at radius 1 is 1.02 bits per heavy atom. The minimum absolute atomic E-state index is 0.00108. The molecular formula is C30H35N5O8S. The van der Waals surface area contributed by atoms with Crippen LogP contribution >= 0.6 is 0 Å². The third kappa shape index (κ3) is 6.70. The number of benzene rings is 2. The van der Waals surface area contributed by atoms with Gasteiger partial charge in [-0.05, 0) is 80.3 Å². The molecule has 1 aliphatic rings. The number of methoxy groups -OCH3 is 2. The Labute approximate surface area is 255 Å². The van der Waals surface area contributed by atoms with E-state index < -0.39 is 39.2 Å². The maximum atomic E-state index is 14.5. The highest BCUT2D eigenvalue weighted by Crippen LogP contribution is 2.40. The van der Waals surface area contributed by atoms with Gasteiger partial charge in [-0.1, -0.05) is 6.07 Å². The van der Waals surface area contributed by atoms with Crippen LogP contribution in [-0.4, -0.2) is 67.3 Å². The predicted octanol–water partition coefficient (Wildman–Crippen LogP) is 3.99. The number of hydrogen-bond acceptors (Lipinski definition) is 9. The van der Waals surface area contributed by atoms with E-state index in [2.05, 4.69) is 15.6 Å². The number of rotatable bonds is 11. The SMILES string of the molecule is COc1ccc([C@H](Nc2ccnc(C(N)=O)c2)C(=O)N2CCC[C@@H]2c2cc(NC(=O)O)ccc2S(=O)(=O)C(C)C)cc1OC. The van der Waals surface area contributed by atoms with Gasteiger partial charge in [0.25, 0.3) is 5.91 Å². The summed E-state index contributed by atoms with van der Waals surface area (Å²) in [6.45, 7) is 3.44. The number of carbonyl (C=O) groups is 3. The summed E-state index contributed by atoms with van der Waals surface area (Å²) in [5, 5.41) is 14.0. The van der Waals surface area contributed by atoms with E-state index in [1.165, 1.54) is 44.7 Å². The van der Waals surface area contributed by atoms with E-state index in [9.17, 15) is 27.9 Å². The van der Waals surface area contributed by atoms with Crippen LogP contribution in [0.15, 0.2) is 59.6 Å². The monoisotopic (exact) mass is 625 g/mol. The number of likely N-dealkylation sites (tertiary alicyclic amines) is 1. The molecule has 0 saturated carbocycles. The maximum absolute atomic E-state index is 14.5. The summed E-state index contributed by atoms with van der Waals surface area (Å²) in [5.74, 6) is -0.293. The number of nitrogens with two attached hydrogens (primary N) is 1. The summed E-state index contributed by atoms with van der Waals surface area (Å²) in [4.78, 5) is 43.3. The summed E-state index contributed by atoms with van der Waals surface area (Å²) in [5.41, 5.74) is 6.83. The molecule has 1 fully saturated rings. The number of pyridine rings is 1. The van der Waals surface area contributed by atoms with Crippen molar-refractivity contribution in [2.45, 2.75) is 48.9 Å². The first-order valence-corrected chi connectivity index (χ1v) is 15.3. The van der Waals surface area contributed by atoms with Gasteiger partial charge < -0.3 is 30.5 Å². The van der Waals surface area contributed by atoms with Crippen LogP contribution in [0.1, 0.15) is 60.4 Å². The molecule has 0 bridgehead atoms. The number of carbonyl (C=O) groups excluding carboxylic acids is 2. The Bertz CT molecular complexity index is 1680. The maximum Gasteiger partial charge on any atom is 0.409 e. The third-order valence-electron chi connectivity index (χ3n) is 7.39. The average Bonchev–Trinajstić information content (AvgIpc) is 3.49. The lowest BCUT2D eigenvalue weighted by Gasteiger charge is -2.32. The van der Waals surface area contributed by atoms with Gasteiger partial charge in [0.15, 0.2) is 21.3 Å². The van der Waals surface area contributed by atoms with Crippen molar-refractivity contribution in [2.24, 2.45) is 5.73 Å². The minimum Gasteiger partial charge on any atom is -0.493 e. The summed E-state index contributed by atoms with van der Waals surface area (Å²) >= 11 is 0. The molecule has 2 aromatic carbocycles. The van der Waals surface area contributed by atoms with Crippen LogP contribution in [-0.2, 0) is 14.6 Å². The fourth-order valence-electron chi connectivity index (χ4n) is 5.18. The molecule has 1 aliphatic heterocycles. The van der Waals surface area contributed by atoms with Crippen molar-refractivity contribution in [3.05, 3.63) is 71.5 Å². The second kappa shape index (κ2) is 13.2. The lowest BCUT2D eigenvalue weighted by atomic mass is 10.0. The second-order valence-electron chi connectivity index (χ2n) is 10.5. The Morgan fingerprint density at radius 3 is 2.39 bits per heavy atom. The number of anilines is 2. The largest absolute Gasteiger partial charge is 0.493 e. The van der Waals surface area contributed by atoms with Gasteiger partial charge in [-0.15, -0.1) is 0 Å². The number of ether oxygens (including phenoxy) is 2. The zero-order chi connectivity index (χ0) is 32.2. The van der Waals surface area contributed by atoms with Gasteiger partial charge in [0.1, 0.15) is 11.7 Å². The summed E-state index contributed by atoms with van der Waals surface area (Å²) in [7, 11) is -0.837. The van der Waals surface area contributed by atoms with Crippen LogP contribution < -0.4 is 25.8 Å². The Hall–Kier alpha value is -4.85. The number of nitrogens with one attached hydrogen (secondary N) is 2. The molecule has 234 valence electrons. The number of sulfone groups is 1. The molecule has 5 N–H and O–H groups in total. The second-order valence-corrected chi connectivity index (χ2v) is 12.9. The van der Waals surface area contributed by atoms with Crippen molar-refractivity contribution < 1.29 is 37.4 Å². The third-order valence-corrected chi connectivity index (χ3v) is 9.62. The van der Waals surface area contributed by atoms with Crippen LogP contribution in [0.3, 0.4) is 0 Å². The number of hydrogen-bond donors (Lipinski definition) is 4. The summed E-state index contributed by atoms with van der Waals surface area (Å²) in [6, 6.07) is 10.6. The summed E-state index contributed by atoms with van der Waals surface area (Å²) in [6.07, 6.45) is 1.11. The van der Waals surface area contributed by atoms with Gasteiger partial charge >= 0.3 is 6.09 Å². The first-order chi connectivity index (χ1) is 20.9. The van der Waals surface area contributed by atoms with Crippen molar-refractivity contribution in [2.75, 3.05) is 31.4 Å². The minimum atomic E-state index is -3.80. The van der Waals surface area contributed by atoms with Crippen molar-refractivity contribution >= 4 is 39.1 Å². The Kier molecular flexibility index (Phi) is 9.62. The highest BCUT2D eigenvalue weighted by Gasteiger charge is 2.38. The molecule has 0 spiro atoms. The quantitative estimate of drug-likeness (QED) is 0.242. The topological polar surface area (TPSA) is 190 Å². The van der Waals surface area contributed by atoms with Crippen LogP contribution in [0.5, 0.6) is 11.5 Å². The number of amides is 3. The molecule has 3 amide bonds. The van der Waals surface area contributed by atoms with Gasteiger partial charge in [-0.25, -0.2) is 13.2 Å². The number of carboxylic acid groups (broad SMARTS) is 1. The van der Waals surface area contributed by atoms with Gasteiger partial charge in [0, 0.05) is 24.1 Å². The van der Waals surface area contributed by atoms with Gasteiger partial charge in [0.05, 0.1) is 30.4 Å². The predicted molar refractivity (Wildman–Crippen MR) is 163 cm³/mol. The molecule has 2 heterocycles. The van der Waals surface area contributed by atoms with Gasteiger partial charge in [0.2, 0.25) is 5.91 Å². The van der Waals surface area contributed by atoms with E-state index in [4.69, 9.17) is 15.2 Å². The standard InChI is InChI=1S/C30H35N5O8S/c1-17(2)44(40,41)26-10-8-19(34-30(38)39)15-21(26)23-6-5-13-35(23)29(37)27(18-7-9-24(42-3)25(14-18)43-4)33-20-11-12-32-22(16-20)28(31)36/h7-12,14-17,23,27,34H,5-6,13H2,1-4H3,(H2,31,36)(H,32,33)(H,38,39)/t23-,27+/m1/s1. The molecule has 1 saturated heterocycles. The molecule has 4 rings (SSSR count). The molecule has 13 nitrogen and oxygen atoms in total. The number of nitrogens with zero attached hydrogens (tertiary/aromatic N) is 2. The Balaban J connectivity index is 1.83. The average molecular weight is 626 g/mol. The molecule has 14 heteroatoms. The van der Waals surface area contributed by atoms with Crippen LogP contribution in [0.4, 0.5) is 16.2 Å². The van der Waals surface area contributed by atoms with E-state index in [-0.39, 0.29) is 22.2 Å². The number of aromatic nitrogens is 1. The zero-order valence-electron chi connectivity index (χ0n) is 24.7. The van der Waals surface area contributed by atoms with Crippen LogP contribution in [0.25, 0.3) is 0 Å². The normalized spacial score (nSPS) is 15.5. The van der Waals surface area contributed by atoms with Gasteiger partial charge in [-0.2, -0.15) is 0 Å². The highest BCUT2D eigenvalue weighted by atomic mass is 32.2. The molecule has 0 aliphatic carbocycles. The van der Waals surface area contributed by atoms with Crippen LogP contribution in [0.2, 0.25) is 0 Å². The van der Waals surface area contributed by atoms with Crippen molar-refractivity contribution in [3.63, 3.8) is 0 Å². The van der Waals surface area contributed by atoms with Crippen LogP contribution in [0, 0.1) is 0 Å². The van der Waals surface area contributed by atoms with Crippen molar-refractivity contribution in [1.82, 2.24) is 9.88 Å². The Morgan fingerprint density at radius 2 is 1.75 bits per heavy atom. The molecule has 0 unspecified atom stereocenters. The van der Waals surface area contributed by atoms with Gasteiger partial charge in [-0.3, -0.25) is 19.9 Å². The first kappa shape index (κ1) is 32.1. The molecule has 0 radical (unpaired) electrons. The van der Waals surface area contributed by atoms with E-state index >= 15 is 0 Å². The molecule has 1 aromatic heterocycles. The number of primary amides is 1. The molecule has 3 aromatic rings. The lowest BCUT2D eigenvalue weighted by molar-refractivity contribution is -0.133. The van der Waals surface area contributed by atoms with E-state index in [0.717, 1.165) is 0 Å². The molecular weight excluding hydrogens is 590 g/mol. The smallest absolute Gasteiger partial charge is 0.409 e. The fourth-order valence-corrected chi connectivity index (χ4v) is 6.47. The highest BCUT2D eigenvalue weighted by molar-refractivity contribution is 7.92. The molecule has 44 heavy (non-hydrogen) atoms. The van der Waals surface area contributed by atoms with E-state index in [1.807, 2.05) is 0 Å². The summed E-state index contributed by atoms with van der Waals surface area (Å²) < 4.78 is 37.7. The lowest BCUT2D eigenvalue weighted by Crippen LogP contribution is -2.38. The first-order valence-electron chi connectivity index (χ1n) is 13.8.